The van der Waals surface area contributed by atoms with Crippen LogP contribution in [0.15, 0.2) is 186 Å². The molecule has 0 radical (unpaired) electrons. The van der Waals surface area contributed by atoms with Crippen molar-refractivity contribution in [2.45, 2.75) is 12.8 Å². The van der Waals surface area contributed by atoms with E-state index >= 15 is 0 Å². The second-order valence-electron chi connectivity index (χ2n) is 14.2. The molecular weight excluding hydrogens is 685 g/mol. The first-order valence-corrected chi connectivity index (χ1v) is 19.1. The lowest BCUT2D eigenvalue weighted by Gasteiger charge is -2.14. The van der Waals surface area contributed by atoms with Gasteiger partial charge in [0.25, 0.3) is 0 Å². The molecule has 5 nitrogen and oxygen atoms in total. The number of benzene rings is 7. The fourth-order valence-corrected chi connectivity index (χ4v) is 8.33. The largest absolute Gasteiger partial charge is 0.455 e. The Labute approximate surface area is 322 Å². The molecule has 0 aliphatic heterocycles. The Hall–Kier alpha value is -7.37. The van der Waals surface area contributed by atoms with E-state index in [4.69, 9.17) is 19.4 Å². The van der Waals surface area contributed by atoms with Crippen molar-refractivity contribution in [3.05, 3.63) is 188 Å². The lowest BCUT2D eigenvalue weighted by atomic mass is 10.0. The molecule has 3 heterocycles. The topological polar surface area (TPSA) is 56.7 Å². The Morgan fingerprint density at radius 3 is 1.68 bits per heavy atom. The molecule has 0 saturated carbocycles. The average molecular weight is 719 g/mol. The number of furan rings is 1. The van der Waals surface area contributed by atoms with Gasteiger partial charge in [-0.1, -0.05) is 146 Å². The van der Waals surface area contributed by atoms with Gasteiger partial charge < -0.3 is 8.98 Å². The highest BCUT2D eigenvalue weighted by molar-refractivity contribution is 6.19. The number of nitrogens with zero attached hydrogens (tertiary/aromatic N) is 4. The fourth-order valence-electron chi connectivity index (χ4n) is 8.33. The van der Waals surface area contributed by atoms with Crippen LogP contribution in [0.25, 0.3) is 99.3 Å². The van der Waals surface area contributed by atoms with Crippen LogP contribution in [0, 0.1) is 0 Å². The van der Waals surface area contributed by atoms with Crippen LogP contribution in [-0.2, 0) is 0 Å². The molecule has 10 aromatic rings. The maximum Gasteiger partial charge on any atom is 0.167 e. The molecule has 0 unspecified atom stereocenters. The summed E-state index contributed by atoms with van der Waals surface area (Å²) in [5, 5.41) is 9.16. The van der Waals surface area contributed by atoms with Gasteiger partial charge in [0.15, 0.2) is 17.5 Å². The highest BCUT2D eigenvalue weighted by atomic mass is 16.3. The van der Waals surface area contributed by atoms with Crippen LogP contribution in [-0.4, -0.2) is 19.5 Å². The van der Waals surface area contributed by atoms with E-state index in [0.29, 0.717) is 17.5 Å². The van der Waals surface area contributed by atoms with Gasteiger partial charge in [0.2, 0.25) is 0 Å². The van der Waals surface area contributed by atoms with Gasteiger partial charge in [-0.2, -0.15) is 0 Å². The standard InChI is InChI=1S/C51H34N4O/c1-3-16-33(17-4-1)49-52-50(34-18-5-2-6-19-34)54-51(53-49)43-27-15-26-42-44-32-35(30-31-47(44)56-48(42)43)55-45-28-13-11-24-40(45)38-22-9-7-20-36(38)37-21-8-10-23-39(37)41-25-12-14-29-46(41)55/h1,3-5,7-32H,2,6H2. The van der Waals surface area contributed by atoms with Gasteiger partial charge >= 0.3 is 0 Å². The van der Waals surface area contributed by atoms with Gasteiger partial charge in [0, 0.05) is 38.4 Å². The van der Waals surface area contributed by atoms with Crippen LogP contribution in [0.5, 0.6) is 0 Å². The van der Waals surface area contributed by atoms with E-state index in [-0.39, 0.29) is 0 Å². The van der Waals surface area contributed by atoms with Gasteiger partial charge in [-0.3, -0.25) is 0 Å². The number of fused-ring (bicyclic) bond motifs is 10. The van der Waals surface area contributed by atoms with E-state index in [1.165, 1.54) is 21.5 Å². The summed E-state index contributed by atoms with van der Waals surface area (Å²) in [6.07, 6.45) is 8.47. The van der Waals surface area contributed by atoms with Crippen LogP contribution in [0.1, 0.15) is 18.7 Å². The minimum atomic E-state index is 0.582. The van der Waals surface area contributed by atoms with Crippen LogP contribution >= 0.6 is 0 Å². The Morgan fingerprint density at radius 1 is 0.446 bits per heavy atom. The number of aromatic nitrogens is 4. The lowest BCUT2D eigenvalue weighted by Crippen LogP contribution is -2.03. The molecule has 0 amide bonds. The van der Waals surface area contributed by atoms with Crippen molar-refractivity contribution >= 4 is 70.9 Å². The number of allylic oxidation sites excluding steroid dienone is 4. The molecule has 3 aromatic heterocycles. The maximum absolute atomic E-state index is 6.76. The summed E-state index contributed by atoms with van der Waals surface area (Å²) in [6, 6.07) is 57.9. The molecule has 264 valence electrons. The van der Waals surface area contributed by atoms with Crippen molar-refractivity contribution in [1.29, 1.82) is 0 Å². The molecule has 11 rings (SSSR count). The molecule has 0 atom stereocenters. The zero-order valence-electron chi connectivity index (χ0n) is 30.4. The molecule has 0 N–H and O–H groups in total. The molecular formula is C51H34N4O. The molecule has 0 saturated heterocycles. The van der Waals surface area contributed by atoms with Gasteiger partial charge in [0.05, 0.1) is 16.6 Å². The predicted molar refractivity (Wildman–Crippen MR) is 231 cm³/mol. The second kappa shape index (κ2) is 13.2. The molecule has 0 fully saturated rings. The SMILES string of the molecule is C1=CC(c2nc(-c3ccccc3)nc(-c3cccc4c3oc3ccc(-n5c6ccccc6c6ccccc6c6ccccc6c6ccccc65)cc34)n2)=CCC1. The van der Waals surface area contributed by atoms with Gasteiger partial charge in [-0.25, -0.2) is 15.0 Å². The lowest BCUT2D eigenvalue weighted by molar-refractivity contribution is 0.669. The second-order valence-corrected chi connectivity index (χ2v) is 14.2. The summed E-state index contributed by atoms with van der Waals surface area (Å²) in [5.74, 6) is 1.88. The maximum atomic E-state index is 6.76. The smallest absolute Gasteiger partial charge is 0.167 e. The summed E-state index contributed by atoms with van der Waals surface area (Å²) in [4.78, 5) is 15.1. The highest BCUT2D eigenvalue weighted by Gasteiger charge is 2.19. The molecule has 5 heteroatoms. The number of hydrogen-bond acceptors (Lipinski definition) is 4. The molecule has 1 aliphatic carbocycles. The molecule has 56 heavy (non-hydrogen) atoms. The first-order chi connectivity index (χ1) is 27.8. The van der Waals surface area contributed by atoms with Crippen LogP contribution in [0.2, 0.25) is 0 Å². The monoisotopic (exact) mass is 718 g/mol. The third-order valence-electron chi connectivity index (χ3n) is 10.9. The summed E-state index contributed by atoms with van der Waals surface area (Å²) >= 11 is 0. The van der Waals surface area contributed by atoms with E-state index in [1.807, 2.05) is 36.4 Å². The van der Waals surface area contributed by atoms with Crippen LogP contribution in [0.4, 0.5) is 0 Å². The Morgan fingerprint density at radius 2 is 1.02 bits per heavy atom. The van der Waals surface area contributed by atoms with Crippen molar-refractivity contribution < 1.29 is 4.42 Å². The summed E-state index contributed by atoms with van der Waals surface area (Å²) in [6.45, 7) is 0. The number of para-hydroxylation sites is 3. The van der Waals surface area contributed by atoms with Crippen molar-refractivity contribution in [3.8, 4) is 28.5 Å². The van der Waals surface area contributed by atoms with Gasteiger partial charge in [-0.05, 0) is 70.8 Å². The third-order valence-corrected chi connectivity index (χ3v) is 10.9. The quantitative estimate of drug-likeness (QED) is 0.182. The van der Waals surface area contributed by atoms with Crippen molar-refractivity contribution in [2.75, 3.05) is 0 Å². The normalized spacial score (nSPS) is 12.9. The minimum Gasteiger partial charge on any atom is -0.455 e. The molecule has 0 spiro atoms. The Kier molecular flexibility index (Phi) is 7.56. The number of rotatable bonds is 4. The van der Waals surface area contributed by atoms with E-state index in [2.05, 4.69) is 150 Å². The first kappa shape index (κ1) is 32.1. The number of hydrogen-bond donors (Lipinski definition) is 0. The minimum absolute atomic E-state index is 0.582. The Balaban J connectivity index is 1.19. The highest BCUT2D eigenvalue weighted by Crippen LogP contribution is 2.39. The van der Waals surface area contributed by atoms with E-state index < -0.39 is 0 Å². The average Bonchev–Trinajstić information content (AvgIpc) is 3.67. The molecule has 1 aliphatic rings. The summed E-state index contributed by atoms with van der Waals surface area (Å²) in [5.41, 5.74) is 7.56. The van der Waals surface area contributed by atoms with Gasteiger partial charge in [0.1, 0.15) is 11.2 Å². The molecule has 7 aromatic carbocycles. The first-order valence-electron chi connectivity index (χ1n) is 19.1. The molecule has 0 bridgehead atoms. The van der Waals surface area contributed by atoms with E-state index in [9.17, 15) is 0 Å². The Bertz CT molecular complexity index is 3210. The zero-order valence-corrected chi connectivity index (χ0v) is 30.4. The summed E-state index contributed by atoms with van der Waals surface area (Å²) in [7, 11) is 0. The fraction of sp³-hybridized carbons (Fsp3) is 0.0392. The zero-order chi connectivity index (χ0) is 37.0. The van der Waals surface area contributed by atoms with Crippen LogP contribution < -0.4 is 0 Å². The van der Waals surface area contributed by atoms with Crippen molar-refractivity contribution in [2.24, 2.45) is 0 Å². The van der Waals surface area contributed by atoms with Gasteiger partial charge in [-0.15, -0.1) is 0 Å². The van der Waals surface area contributed by atoms with E-state index in [1.54, 1.807) is 0 Å². The van der Waals surface area contributed by atoms with Crippen molar-refractivity contribution in [3.63, 3.8) is 0 Å². The third kappa shape index (κ3) is 5.28. The van der Waals surface area contributed by atoms with Crippen LogP contribution in [0.3, 0.4) is 0 Å². The predicted octanol–water partition coefficient (Wildman–Crippen LogP) is 13.4. The van der Waals surface area contributed by atoms with Crippen molar-refractivity contribution in [1.82, 2.24) is 19.5 Å². The van der Waals surface area contributed by atoms with E-state index in [0.717, 1.165) is 79.0 Å². The summed E-state index contributed by atoms with van der Waals surface area (Å²) < 4.78 is 9.16.